The molecular weight excluding hydrogens is 368 g/mol. The van der Waals surface area contributed by atoms with E-state index in [0.717, 1.165) is 17.6 Å². The van der Waals surface area contributed by atoms with Crippen LogP contribution in [0.4, 0.5) is 5.69 Å². The van der Waals surface area contributed by atoms with Gasteiger partial charge in [-0.05, 0) is 48.9 Å². The van der Waals surface area contributed by atoms with Crippen molar-refractivity contribution in [2.24, 2.45) is 0 Å². The fraction of sp³-hybridized carbons (Fsp3) is 0.316. The van der Waals surface area contributed by atoms with Crippen LogP contribution in [0.1, 0.15) is 12.5 Å². The summed E-state index contributed by atoms with van der Waals surface area (Å²) in [5, 5.41) is 2.81. The highest BCUT2D eigenvalue weighted by atomic mass is 32.2. The van der Waals surface area contributed by atoms with Crippen LogP contribution in [0.5, 0.6) is 11.5 Å². The molecule has 146 valence electrons. The molecule has 0 fully saturated rings. The molecule has 1 N–H and O–H groups in total. The summed E-state index contributed by atoms with van der Waals surface area (Å²) in [6.45, 7) is 2.04. The standard InChI is InChI=1S/C19H24N2O5S/c1-14(19(22)20-13-15-5-9-17(25-3)10-6-15)26-18-11-7-16(8-12-18)21(2)27(4,23)24/h5-12,14H,13H2,1-4H3,(H,20,22)/t14-/m1/s1. The Hall–Kier alpha value is -2.74. The summed E-state index contributed by atoms with van der Waals surface area (Å²) in [4.78, 5) is 12.2. The molecule has 8 heteroatoms. The first-order chi connectivity index (χ1) is 12.7. The molecule has 27 heavy (non-hydrogen) atoms. The number of carbonyl (C=O) groups excluding carboxylic acids is 1. The number of ether oxygens (including phenoxy) is 2. The van der Waals surface area contributed by atoms with Crippen molar-refractivity contribution in [2.75, 3.05) is 24.7 Å². The molecule has 2 aromatic rings. The zero-order chi connectivity index (χ0) is 20.0. The Morgan fingerprint density at radius 3 is 2.15 bits per heavy atom. The van der Waals surface area contributed by atoms with Crippen LogP contribution in [0.2, 0.25) is 0 Å². The minimum absolute atomic E-state index is 0.247. The summed E-state index contributed by atoms with van der Waals surface area (Å²) < 4.78 is 35.0. The monoisotopic (exact) mass is 392 g/mol. The van der Waals surface area contributed by atoms with E-state index in [9.17, 15) is 13.2 Å². The molecule has 0 aromatic heterocycles. The van der Waals surface area contributed by atoms with Gasteiger partial charge in [-0.2, -0.15) is 0 Å². The Morgan fingerprint density at radius 1 is 1.07 bits per heavy atom. The van der Waals surface area contributed by atoms with Crippen LogP contribution in [-0.2, 0) is 21.4 Å². The maximum absolute atomic E-state index is 12.2. The Balaban J connectivity index is 1.89. The molecule has 0 unspecified atom stereocenters. The molecule has 0 bridgehead atoms. The molecule has 0 spiro atoms. The van der Waals surface area contributed by atoms with Crippen LogP contribution in [0, 0.1) is 0 Å². The number of anilines is 1. The second-order valence-corrected chi connectivity index (χ2v) is 8.06. The SMILES string of the molecule is COc1ccc(CNC(=O)[C@@H](C)Oc2ccc(N(C)S(C)(=O)=O)cc2)cc1. The highest BCUT2D eigenvalue weighted by Gasteiger charge is 2.15. The van der Waals surface area contributed by atoms with E-state index in [1.807, 2.05) is 24.3 Å². The van der Waals surface area contributed by atoms with E-state index < -0.39 is 16.1 Å². The van der Waals surface area contributed by atoms with E-state index >= 15 is 0 Å². The number of benzene rings is 2. The van der Waals surface area contributed by atoms with Crippen LogP contribution in [0.3, 0.4) is 0 Å². The molecule has 0 radical (unpaired) electrons. The average Bonchev–Trinajstić information content (AvgIpc) is 2.65. The van der Waals surface area contributed by atoms with Crippen molar-refractivity contribution in [1.82, 2.24) is 5.32 Å². The predicted octanol–water partition coefficient (Wildman–Crippen LogP) is 2.17. The molecule has 2 aromatic carbocycles. The van der Waals surface area contributed by atoms with Gasteiger partial charge in [0.25, 0.3) is 5.91 Å². The maximum Gasteiger partial charge on any atom is 0.261 e. The third-order valence-electron chi connectivity index (χ3n) is 4.01. The molecule has 0 aliphatic carbocycles. The van der Waals surface area contributed by atoms with Gasteiger partial charge < -0.3 is 14.8 Å². The third-order valence-corrected chi connectivity index (χ3v) is 5.21. The largest absolute Gasteiger partial charge is 0.497 e. The Labute approximate surface area is 160 Å². The summed E-state index contributed by atoms with van der Waals surface area (Å²) in [5.74, 6) is 0.989. The lowest BCUT2D eigenvalue weighted by Gasteiger charge is -2.18. The van der Waals surface area contributed by atoms with E-state index in [1.165, 1.54) is 11.4 Å². The summed E-state index contributed by atoms with van der Waals surface area (Å²) >= 11 is 0. The van der Waals surface area contributed by atoms with Gasteiger partial charge in [-0.3, -0.25) is 9.10 Å². The normalized spacial score (nSPS) is 12.1. The smallest absolute Gasteiger partial charge is 0.261 e. The summed E-state index contributed by atoms with van der Waals surface area (Å²) in [7, 11) is -0.251. The zero-order valence-corrected chi connectivity index (χ0v) is 16.6. The Morgan fingerprint density at radius 2 is 1.63 bits per heavy atom. The van der Waals surface area contributed by atoms with Gasteiger partial charge in [-0.25, -0.2) is 8.42 Å². The number of hydrogen-bond donors (Lipinski definition) is 1. The molecule has 0 saturated heterocycles. The van der Waals surface area contributed by atoms with E-state index in [0.29, 0.717) is 18.0 Å². The first-order valence-electron chi connectivity index (χ1n) is 8.32. The van der Waals surface area contributed by atoms with E-state index in [4.69, 9.17) is 9.47 Å². The Bertz CT molecular complexity index is 864. The summed E-state index contributed by atoms with van der Waals surface area (Å²) in [6.07, 6.45) is 0.439. The van der Waals surface area contributed by atoms with Gasteiger partial charge in [-0.1, -0.05) is 12.1 Å². The molecule has 2 rings (SSSR count). The number of methoxy groups -OCH3 is 1. The molecule has 0 saturated carbocycles. The molecule has 1 amide bonds. The van der Waals surface area contributed by atoms with Crippen LogP contribution >= 0.6 is 0 Å². The fourth-order valence-electron chi connectivity index (χ4n) is 2.26. The van der Waals surface area contributed by atoms with Gasteiger partial charge in [0.05, 0.1) is 19.1 Å². The number of nitrogens with one attached hydrogen (secondary N) is 1. The van der Waals surface area contributed by atoms with E-state index in [-0.39, 0.29) is 5.91 Å². The van der Waals surface area contributed by atoms with E-state index in [2.05, 4.69) is 5.32 Å². The lowest BCUT2D eigenvalue weighted by molar-refractivity contribution is -0.127. The van der Waals surface area contributed by atoms with Crippen LogP contribution in [0.25, 0.3) is 0 Å². The molecule has 0 heterocycles. The van der Waals surface area contributed by atoms with Gasteiger partial charge in [-0.15, -0.1) is 0 Å². The average molecular weight is 392 g/mol. The topological polar surface area (TPSA) is 84.9 Å². The molecular formula is C19H24N2O5S. The second kappa shape index (κ2) is 8.77. The maximum atomic E-state index is 12.2. The van der Waals surface area contributed by atoms with Crippen molar-refractivity contribution in [3.8, 4) is 11.5 Å². The van der Waals surface area contributed by atoms with Crippen LogP contribution in [0.15, 0.2) is 48.5 Å². The highest BCUT2D eigenvalue weighted by Crippen LogP contribution is 2.21. The highest BCUT2D eigenvalue weighted by molar-refractivity contribution is 7.92. The first kappa shape index (κ1) is 20.6. The minimum Gasteiger partial charge on any atom is -0.497 e. The van der Waals surface area contributed by atoms with Crippen molar-refractivity contribution in [3.63, 3.8) is 0 Å². The molecule has 0 aliphatic rings. The summed E-state index contributed by atoms with van der Waals surface area (Å²) in [5.41, 5.74) is 1.46. The Kier molecular flexibility index (Phi) is 6.68. The third kappa shape index (κ3) is 5.89. The predicted molar refractivity (Wildman–Crippen MR) is 105 cm³/mol. The molecule has 7 nitrogen and oxygen atoms in total. The van der Waals surface area contributed by atoms with Crippen molar-refractivity contribution >= 4 is 21.6 Å². The number of nitrogens with zero attached hydrogens (tertiary/aromatic N) is 1. The minimum atomic E-state index is -3.32. The first-order valence-corrected chi connectivity index (χ1v) is 10.2. The van der Waals surface area contributed by atoms with Crippen molar-refractivity contribution in [1.29, 1.82) is 0 Å². The second-order valence-electron chi connectivity index (χ2n) is 6.05. The molecule has 0 aliphatic heterocycles. The zero-order valence-electron chi connectivity index (χ0n) is 15.8. The van der Waals surface area contributed by atoms with Crippen molar-refractivity contribution < 1.29 is 22.7 Å². The lowest BCUT2D eigenvalue weighted by atomic mass is 10.2. The number of carbonyl (C=O) groups is 1. The number of rotatable bonds is 8. The number of amides is 1. The van der Waals surface area contributed by atoms with Gasteiger partial charge in [0.2, 0.25) is 10.0 Å². The molecule has 1 atom stereocenters. The van der Waals surface area contributed by atoms with Gasteiger partial charge >= 0.3 is 0 Å². The van der Waals surface area contributed by atoms with E-state index in [1.54, 1.807) is 38.3 Å². The van der Waals surface area contributed by atoms with Gasteiger partial charge in [0.1, 0.15) is 11.5 Å². The quantitative estimate of drug-likeness (QED) is 0.744. The van der Waals surface area contributed by atoms with Gasteiger partial charge in [0, 0.05) is 13.6 Å². The number of hydrogen-bond acceptors (Lipinski definition) is 5. The lowest BCUT2D eigenvalue weighted by Crippen LogP contribution is -2.35. The van der Waals surface area contributed by atoms with Crippen molar-refractivity contribution in [2.45, 2.75) is 19.6 Å². The summed E-state index contributed by atoms with van der Waals surface area (Å²) in [6, 6.07) is 13.9. The fourth-order valence-corrected chi connectivity index (χ4v) is 2.76. The number of sulfonamides is 1. The van der Waals surface area contributed by atoms with Crippen LogP contribution in [-0.4, -0.2) is 40.8 Å². The van der Waals surface area contributed by atoms with Crippen LogP contribution < -0.4 is 19.1 Å². The van der Waals surface area contributed by atoms with Gasteiger partial charge in [0.15, 0.2) is 6.10 Å². The van der Waals surface area contributed by atoms with Crippen molar-refractivity contribution in [3.05, 3.63) is 54.1 Å².